The van der Waals surface area contributed by atoms with Crippen LogP contribution in [0.4, 0.5) is 0 Å². The highest BCUT2D eigenvalue weighted by atomic mass is 32.2. The predicted octanol–water partition coefficient (Wildman–Crippen LogP) is 2.81. The molecule has 0 aliphatic rings. The molecule has 0 bridgehead atoms. The van der Waals surface area contributed by atoms with Crippen molar-refractivity contribution >= 4 is 22.0 Å². The van der Waals surface area contributed by atoms with Crippen LogP contribution in [-0.2, 0) is 14.8 Å². The summed E-state index contributed by atoms with van der Waals surface area (Å²) in [5, 5.41) is 3.78. The molecule has 0 saturated carbocycles. The van der Waals surface area contributed by atoms with Crippen molar-refractivity contribution in [2.24, 2.45) is 5.92 Å². The maximum atomic E-state index is 12.5. The van der Waals surface area contributed by atoms with Crippen molar-refractivity contribution in [3.63, 3.8) is 0 Å². The standard InChI is InChI=1S/C22H28N2O5S/c1-17(2)21(24-30(26,27)16-13-18-7-5-4-6-8-18)22(25)23-14-15-29-20-11-9-19(28-3)10-12-20/h4-13,16-17,21,24H,14-15H2,1-3H3,(H,23,25)/b16-13+/t21-/m0/s1. The number of hydrogen-bond acceptors (Lipinski definition) is 5. The highest BCUT2D eigenvalue weighted by molar-refractivity contribution is 7.92. The molecule has 0 spiro atoms. The van der Waals surface area contributed by atoms with Crippen LogP contribution in [0.15, 0.2) is 60.0 Å². The van der Waals surface area contributed by atoms with Gasteiger partial charge in [-0.1, -0.05) is 44.2 Å². The van der Waals surface area contributed by atoms with Gasteiger partial charge in [-0.05, 0) is 41.8 Å². The summed E-state index contributed by atoms with van der Waals surface area (Å²) in [6.07, 6.45) is 1.49. The number of carbonyl (C=O) groups is 1. The van der Waals surface area contributed by atoms with Crippen molar-refractivity contribution in [3.05, 3.63) is 65.6 Å². The van der Waals surface area contributed by atoms with Crippen LogP contribution in [0.2, 0.25) is 0 Å². The summed E-state index contributed by atoms with van der Waals surface area (Å²) < 4.78 is 37.9. The number of carbonyl (C=O) groups excluding carboxylic acids is 1. The molecule has 1 amide bonds. The molecule has 1 atom stereocenters. The van der Waals surface area contributed by atoms with Crippen molar-refractivity contribution < 1.29 is 22.7 Å². The number of ether oxygens (including phenoxy) is 2. The Morgan fingerprint density at radius 2 is 1.67 bits per heavy atom. The van der Waals surface area contributed by atoms with Gasteiger partial charge in [0.25, 0.3) is 0 Å². The van der Waals surface area contributed by atoms with Crippen molar-refractivity contribution in [1.82, 2.24) is 10.0 Å². The van der Waals surface area contributed by atoms with E-state index in [2.05, 4.69) is 10.0 Å². The molecule has 0 radical (unpaired) electrons. The van der Waals surface area contributed by atoms with Crippen molar-refractivity contribution in [2.45, 2.75) is 19.9 Å². The molecule has 2 rings (SSSR count). The van der Waals surface area contributed by atoms with Crippen LogP contribution in [0.25, 0.3) is 6.08 Å². The summed E-state index contributed by atoms with van der Waals surface area (Å²) in [5.41, 5.74) is 0.754. The molecule has 0 unspecified atom stereocenters. The van der Waals surface area contributed by atoms with Gasteiger partial charge in [-0.25, -0.2) is 8.42 Å². The maximum absolute atomic E-state index is 12.5. The summed E-state index contributed by atoms with van der Waals surface area (Å²) in [4.78, 5) is 12.5. The third-order valence-corrected chi connectivity index (χ3v) is 5.29. The fraction of sp³-hybridized carbons (Fsp3) is 0.318. The molecule has 0 aromatic heterocycles. The van der Waals surface area contributed by atoms with E-state index in [0.717, 1.165) is 16.7 Å². The third-order valence-electron chi connectivity index (χ3n) is 4.21. The molecule has 8 heteroatoms. The molecule has 162 valence electrons. The van der Waals surface area contributed by atoms with E-state index in [9.17, 15) is 13.2 Å². The van der Waals surface area contributed by atoms with Crippen LogP contribution in [0.5, 0.6) is 11.5 Å². The lowest BCUT2D eigenvalue weighted by Crippen LogP contribution is -2.49. The molecule has 2 aromatic carbocycles. The van der Waals surface area contributed by atoms with Crippen LogP contribution in [0.3, 0.4) is 0 Å². The van der Waals surface area contributed by atoms with Gasteiger partial charge in [0.05, 0.1) is 13.7 Å². The Balaban J connectivity index is 1.86. The molecular weight excluding hydrogens is 404 g/mol. The second-order valence-corrected chi connectivity index (χ2v) is 8.51. The predicted molar refractivity (Wildman–Crippen MR) is 118 cm³/mol. The zero-order valence-corrected chi connectivity index (χ0v) is 18.2. The first-order valence-corrected chi connectivity index (χ1v) is 11.2. The fourth-order valence-corrected chi connectivity index (χ4v) is 3.71. The summed E-state index contributed by atoms with van der Waals surface area (Å²) in [6.45, 7) is 4.06. The molecule has 30 heavy (non-hydrogen) atoms. The summed E-state index contributed by atoms with van der Waals surface area (Å²) in [6, 6.07) is 15.3. The molecule has 0 saturated heterocycles. The van der Waals surface area contributed by atoms with Crippen LogP contribution in [-0.4, -0.2) is 40.6 Å². The molecule has 0 aliphatic carbocycles. The van der Waals surface area contributed by atoms with Gasteiger partial charge in [0, 0.05) is 5.41 Å². The minimum absolute atomic E-state index is 0.229. The van der Waals surface area contributed by atoms with Gasteiger partial charge >= 0.3 is 0 Å². The first kappa shape index (κ1) is 23.4. The van der Waals surface area contributed by atoms with Crippen LogP contribution >= 0.6 is 0 Å². The second kappa shape index (κ2) is 11.4. The number of nitrogens with one attached hydrogen (secondary N) is 2. The average molecular weight is 433 g/mol. The number of sulfonamides is 1. The van der Waals surface area contributed by atoms with Gasteiger partial charge in [0.1, 0.15) is 24.1 Å². The Morgan fingerprint density at radius 3 is 2.27 bits per heavy atom. The Labute approximate surface area is 178 Å². The maximum Gasteiger partial charge on any atom is 0.238 e. The fourth-order valence-electron chi connectivity index (χ4n) is 2.57. The first-order chi connectivity index (χ1) is 14.3. The molecule has 0 aliphatic heterocycles. The van der Waals surface area contributed by atoms with Gasteiger partial charge in [0.15, 0.2) is 0 Å². The summed E-state index contributed by atoms with van der Waals surface area (Å²) in [7, 11) is -2.20. The smallest absolute Gasteiger partial charge is 0.238 e. The average Bonchev–Trinajstić information content (AvgIpc) is 2.74. The van der Waals surface area contributed by atoms with E-state index in [-0.39, 0.29) is 19.1 Å². The van der Waals surface area contributed by atoms with E-state index in [1.807, 2.05) is 18.2 Å². The highest BCUT2D eigenvalue weighted by Gasteiger charge is 2.26. The number of methoxy groups -OCH3 is 1. The SMILES string of the molecule is COc1ccc(OCCNC(=O)[C@@H](NS(=O)(=O)/C=C/c2ccccc2)C(C)C)cc1. The first-order valence-electron chi connectivity index (χ1n) is 9.61. The van der Waals surface area contributed by atoms with Crippen LogP contribution in [0, 0.1) is 5.92 Å². The minimum atomic E-state index is -3.78. The molecule has 0 fully saturated rings. The van der Waals surface area contributed by atoms with E-state index >= 15 is 0 Å². The van der Waals surface area contributed by atoms with Crippen LogP contribution in [0.1, 0.15) is 19.4 Å². The Hall–Kier alpha value is -2.84. The minimum Gasteiger partial charge on any atom is -0.497 e. The van der Waals surface area contributed by atoms with Crippen molar-refractivity contribution in [1.29, 1.82) is 0 Å². The van der Waals surface area contributed by atoms with Gasteiger partial charge < -0.3 is 14.8 Å². The molecule has 7 nitrogen and oxygen atoms in total. The van der Waals surface area contributed by atoms with Crippen molar-refractivity contribution in [3.8, 4) is 11.5 Å². The molecule has 2 aromatic rings. The van der Waals surface area contributed by atoms with E-state index in [0.29, 0.717) is 5.75 Å². The number of amides is 1. The lowest BCUT2D eigenvalue weighted by Gasteiger charge is -2.20. The van der Waals surface area contributed by atoms with Gasteiger partial charge in [0.2, 0.25) is 15.9 Å². The van der Waals surface area contributed by atoms with Crippen molar-refractivity contribution in [2.75, 3.05) is 20.3 Å². The lowest BCUT2D eigenvalue weighted by molar-refractivity contribution is -0.123. The van der Waals surface area contributed by atoms with Gasteiger partial charge in [-0.15, -0.1) is 0 Å². The number of rotatable bonds is 11. The molecule has 2 N–H and O–H groups in total. The monoisotopic (exact) mass is 432 g/mol. The second-order valence-electron chi connectivity index (χ2n) is 6.91. The summed E-state index contributed by atoms with van der Waals surface area (Å²) >= 11 is 0. The van der Waals surface area contributed by atoms with Gasteiger partial charge in [-0.2, -0.15) is 4.72 Å². The zero-order chi connectivity index (χ0) is 22.0. The number of benzene rings is 2. The van der Waals surface area contributed by atoms with Gasteiger partial charge in [-0.3, -0.25) is 4.79 Å². The Bertz CT molecular complexity index is 926. The highest BCUT2D eigenvalue weighted by Crippen LogP contribution is 2.16. The molecular formula is C22H28N2O5S. The Morgan fingerprint density at radius 1 is 1.03 bits per heavy atom. The zero-order valence-electron chi connectivity index (χ0n) is 17.4. The van der Waals surface area contributed by atoms with E-state index < -0.39 is 22.0 Å². The molecule has 0 heterocycles. The summed E-state index contributed by atoms with van der Waals surface area (Å²) in [5.74, 6) is 0.744. The quantitative estimate of drug-likeness (QED) is 0.533. The van der Waals surface area contributed by atoms with Crippen LogP contribution < -0.4 is 19.5 Å². The van der Waals surface area contributed by atoms with E-state index in [4.69, 9.17) is 9.47 Å². The normalized spacial score (nSPS) is 12.7. The lowest BCUT2D eigenvalue weighted by atomic mass is 10.1. The Kier molecular flexibility index (Phi) is 8.89. The number of hydrogen-bond donors (Lipinski definition) is 2. The third kappa shape index (κ3) is 7.88. The van der Waals surface area contributed by atoms with E-state index in [1.54, 1.807) is 57.4 Å². The largest absolute Gasteiger partial charge is 0.497 e. The van der Waals surface area contributed by atoms with E-state index in [1.165, 1.54) is 6.08 Å². The topological polar surface area (TPSA) is 93.7 Å².